The summed E-state index contributed by atoms with van der Waals surface area (Å²) < 4.78 is 17.7. The van der Waals surface area contributed by atoms with Gasteiger partial charge in [-0.25, -0.2) is 9.07 Å². The molecule has 0 unspecified atom stereocenters. The average molecular weight is 320 g/mol. The number of halogens is 1. The first-order chi connectivity index (χ1) is 11.8. The standard InChI is InChI=1S/C17H13FN6/c18-13-8-14(11-4-2-1-3-5-11)23-16(13)21-17(22-23)24-15-10-19-7-6-12(15)9-20-24/h1-7,9-10,13-14H,8H2/t13-,14-/m0/s1. The molecule has 0 fully saturated rings. The summed E-state index contributed by atoms with van der Waals surface area (Å²) in [4.78, 5) is 8.50. The highest BCUT2D eigenvalue weighted by atomic mass is 19.1. The molecule has 4 aromatic rings. The van der Waals surface area contributed by atoms with Crippen molar-refractivity contribution in [3.63, 3.8) is 0 Å². The van der Waals surface area contributed by atoms with Gasteiger partial charge in [-0.3, -0.25) is 4.98 Å². The zero-order chi connectivity index (χ0) is 16.1. The summed E-state index contributed by atoms with van der Waals surface area (Å²) in [5.74, 6) is 0.725. The largest absolute Gasteiger partial charge is 0.270 e. The molecule has 0 spiro atoms. The molecule has 1 aliphatic heterocycles. The maximum atomic E-state index is 14.5. The minimum absolute atomic E-state index is 0.141. The van der Waals surface area contributed by atoms with Crippen LogP contribution in [0.4, 0.5) is 4.39 Å². The Kier molecular flexibility index (Phi) is 2.76. The number of hydrogen-bond donors (Lipinski definition) is 0. The number of pyridine rings is 1. The molecular weight excluding hydrogens is 307 g/mol. The summed E-state index contributed by atoms with van der Waals surface area (Å²) >= 11 is 0. The molecule has 3 aromatic heterocycles. The monoisotopic (exact) mass is 320 g/mol. The van der Waals surface area contributed by atoms with Crippen molar-refractivity contribution in [2.24, 2.45) is 0 Å². The van der Waals surface area contributed by atoms with E-state index in [-0.39, 0.29) is 6.04 Å². The highest BCUT2D eigenvalue weighted by Crippen LogP contribution is 2.39. The number of benzene rings is 1. The van der Waals surface area contributed by atoms with Crippen LogP contribution in [0.2, 0.25) is 0 Å². The molecule has 0 N–H and O–H groups in total. The smallest absolute Gasteiger partial charge is 0.262 e. The van der Waals surface area contributed by atoms with Crippen LogP contribution in [0.5, 0.6) is 0 Å². The van der Waals surface area contributed by atoms with Crippen molar-refractivity contribution in [2.45, 2.75) is 18.6 Å². The molecule has 118 valence electrons. The highest BCUT2D eigenvalue weighted by Gasteiger charge is 2.35. The minimum atomic E-state index is -1.13. The van der Waals surface area contributed by atoms with Crippen LogP contribution in [0.1, 0.15) is 30.0 Å². The zero-order valence-corrected chi connectivity index (χ0v) is 12.6. The number of aromatic nitrogens is 6. The number of rotatable bonds is 2. The van der Waals surface area contributed by atoms with E-state index in [1.54, 1.807) is 28.0 Å². The van der Waals surface area contributed by atoms with E-state index in [2.05, 4.69) is 20.2 Å². The molecule has 0 amide bonds. The maximum absolute atomic E-state index is 14.5. The van der Waals surface area contributed by atoms with E-state index in [4.69, 9.17) is 0 Å². The minimum Gasteiger partial charge on any atom is -0.262 e. The molecule has 0 radical (unpaired) electrons. The van der Waals surface area contributed by atoms with Crippen LogP contribution >= 0.6 is 0 Å². The van der Waals surface area contributed by atoms with Gasteiger partial charge in [0.25, 0.3) is 5.95 Å². The summed E-state index contributed by atoms with van der Waals surface area (Å²) in [7, 11) is 0. The van der Waals surface area contributed by atoms with Crippen LogP contribution in [0.3, 0.4) is 0 Å². The van der Waals surface area contributed by atoms with Crippen molar-refractivity contribution in [1.82, 2.24) is 29.5 Å². The number of hydrogen-bond acceptors (Lipinski definition) is 4. The Hall–Kier alpha value is -3.09. The molecule has 24 heavy (non-hydrogen) atoms. The van der Waals surface area contributed by atoms with Crippen LogP contribution in [0.25, 0.3) is 16.9 Å². The topological polar surface area (TPSA) is 61.4 Å². The van der Waals surface area contributed by atoms with Gasteiger partial charge < -0.3 is 0 Å². The van der Waals surface area contributed by atoms with Crippen molar-refractivity contribution < 1.29 is 4.39 Å². The molecule has 1 aromatic carbocycles. The van der Waals surface area contributed by atoms with Gasteiger partial charge in [-0.2, -0.15) is 14.8 Å². The van der Waals surface area contributed by atoms with Gasteiger partial charge in [-0.05, 0) is 11.6 Å². The summed E-state index contributed by atoms with van der Waals surface area (Å²) in [6.07, 6.45) is 4.37. The van der Waals surface area contributed by atoms with Crippen LogP contribution in [0, 0.1) is 0 Å². The Morgan fingerprint density at radius 3 is 2.83 bits per heavy atom. The zero-order valence-electron chi connectivity index (χ0n) is 12.6. The quantitative estimate of drug-likeness (QED) is 0.569. The number of fused-ring (bicyclic) bond motifs is 2. The van der Waals surface area contributed by atoms with Crippen molar-refractivity contribution in [3.8, 4) is 5.95 Å². The predicted octanol–water partition coefficient (Wildman–Crippen LogP) is 3.02. The summed E-state index contributed by atoms with van der Waals surface area (Å²) in [5.41, 5.74) is 1.83. The number of nitrogens with zero attached hydrogens (tertiary/aromatic N) is 6. The molecule has 5 rings (SSSR count). The van der Waals surface area contributed by atoms with Crippen molar-refractivity contribution in [3.05, 3.63) is 66.4 Å². The molecule has 4 heterocycles. The van der Waals surface area contributed by atoms with Gasteiger partial charge in [-0.1, -0.05) is 30.3 Å². The normalized spacial score (nSPS) is 19.7. The molecule has 1 aliphatic rings. The summed E-state index contributed by atoms with van der Waals surface area (Å²) in [6, 6.07) is 11.5. The van der Waals surface area contributed by atoms with Crippen LogP contribution < -0.4 is 0 Å². The Morgan fingerprint density at radius 1 is 1.08 bits per heavy atom. The third-order valence-electron chi connectivity index (χ3n) is 4.40. The number of alkyl halides is 1. The second-order valence-electron chi connectivity index (χ2n) is 5.84. The van der Waals surface area contributed by atoms with Gasteiger partial charge in [-0.15, -0.1) is 5.10 Å². The Bertz CT molecular complexity index is 1020. The van der Waals surface area contributed by atoms with Gasteiger partial charge in [0.05, 0.1) is 24.0 Å². The Morgan fingerprint density at radius 2 is 1.96 bits per heavy atom. The van der Waals surface area contributed by atoms with Crippen LogP contribution in [-0.2, 0) is 0 Å². The van der Waals surface area contributed by atoms with Gasteiger partial charge in [0.15, 0.2) is 12.0 Å². The Labute approximate surface area is 136 Å². The molecule has 0 aliphatic carbocycles. The fourth-order valence-electron chi connectivity index (χ4n) is 3.23. The first-order valence-electron chi connectivity index (χ1n) is 7.75. The van der Waals surface area contributed by atoms with E-state index >= 15 is 0 Å². The molecule has 0 bridgehead atoms. The molecule has 7 heteroatoms. The van der Waals surface area contributed by atoms with E-state index in [9.17, 15) is 4.39 Å². The molecule has 2 atom stereocenters. The SMILES string of the molecule is F[C@H]1C[C@@H](c2ccccc2)n2nc(-n3ncc4ccncc43)nc21. The summed E-state index contributed by atoms with van der Waals surface area (Å²) in [6.45, 7) is 0. The van der Waals surface area contributed by atoms with Gasteiger partial charge >= 0.3 is 0 Å². The second kappa shape index (κ2) is 4.95. The second-order valence-corrected chi connectivity index (χ2v) is 5.84. The highest BCUT2D eigenvalue weighted by molar-refractivity contribution is 5.78. The lowest BCUT2D eigenvalue weighted by Gasteiger charge is -2.11. The van der Waals surface area contributed by atoms with E-state index in [0.29, 0.717) is 18.2 Å². The third kappa shape index (κ3) is 1.87. The lowest BCUT2D eigenvalue weighted by molar-refractivity contribution is 0.328. The predicted molar refractivity (Wildman–Crippen MR) is 85.5 cm³/mol. The fraction of sp³-hybridized carbons (Fsp3) is 0.176. The molecular formula is C17H13FN6. The van der Waals surface area contributed by atoms with Crippen LogP contribution in [-0.4, -0.2) is 29.5 Å². The first kappa shape index (κ1) is 13.4. The van der Waals surface area contributed by atoms with E-state index in [0.717, 1.165) is 16.5 Å². The van der Waals surface area contributed by atoms with Crippen molar-refractivity contribution in [1.29, 1.82) is 0 Å². The van der Waals surface area contributed by atoms with E-state index in [1.165, 1.54) is 0 Å². The lowest BCUT2D eigenvalue weighted by Crippen LogP contribution is -2.08. The van der Waals surface area contributed by atoms with Gasteiger partial charge in [0.2, 0.25) is 0 Å². The molecule has 6 nitrogen and oxygen atoms in total. The van der Waals surface area contributed by atoms with Crippen molar-refractivity contribution in [2.75, 3.05) is 0 Å². The van der Waals surface area contributed by atoms with E-state index in [1.807, 2.05) is 36.4 Å². The van der Waals surface area contributed by atoms with Gasteiger partial charge in [0.1, 0.15) is 0 Å². The Balaban J connectivity index is 1.63. The molecule has 0 saturated carbocycles. The average Bonchev–Trinajstić information content (AvgIpc) is 3.30. The van der Waals surface area contributed by atoms with Gasteiger partial charge in [0, 0.05) is 18.0 Å². The maximum Gasteiger partial charge on any atom is 0.270 e. The summed E-state index contributed by atoms with van der Waals surface area (Å²) in [5, 5.41) is 9.79. The lowest BCUT2D eigenvalue weighted by atomic mass is 10.0. The van der Waals surface area contributed by atoms with Crippen molar-refractivity contribution >= 4 is 10.9 Å². The van der Waals surface area contributed by atoms with E-state index < -0.39 is 6.17 Å². The molecule has 0 saturated heterocycles. The fourth-order valence-corrected chi connectivity index (χ4v) is 3.23. The third-order valence-corrected chi connectivity index (χ3v) is 4.40. The first-order valence-corrected chi connectivity index (χ1v) is 7.75. The van der Waals surface area contributed by atoms with Crippen LogP contribution in [0.15, 0.2) is 55.0 Å².